The number of amides is 1. The highest BCUT2D eigenvalue weighted by Crippen LogP contribution is 1.99. The Kier molecular flexibility index (Phi) is 4.79. The summed E-state index contributed by atoms with van der Waals surface area (Å²) < 4.78 is 0. The Hall–Kier alpha value is -1.29. The van der Waals surface area contributed by atoms with Crippen LogP contribution in [0.25, 0.3) is 0 Å². The van der Waals surface area contributed by atoms with E-state index in [-0.39, 0.29) is 16.8 Å². The van der Waals surface area contributed by atoms with Gasteiger partial charge in [0.1, 0.15) is 10.9 Å². The highest BCUT2D eigenvalue weighted by Gasteiger charge is 2.04. The summed E-state index contributed by atoms with van der Waals surface area (Å²) >= 11 is 5.37. The molecule has 0 aromatic heterocycles. The molecule has 0 aliphatic heterocycles. The van der Waals surface area contributed by atoms with E-state index in [1.165, 1.54) is 19.3 Å². The molecule has 0 radical (unpaired) electrons. The van der Waals surface area contributed by atoms with Crippen molar-refractivity contribution >= 4 is 23.2 Å². The third-order valence-corrected chi connectivity index (χ3v) is 1.04. The monoisotopic (exact) mass is 187 g/mol. The van der Waals surface area contributed by atoms with Crippen LogP contribution in [0.15, 0.2) is 29.0 Å². The van der Waals surface area contributed by atoms with Gasteiger partial charge in [0, 0.05) is 7.05 Å². The number of hydrogen-bond acceptors (Lipinski definition) is 3. The van der Waals surface area contributed by atoms with Crippen LogP contribution in [0, 0.1) is 0 Å². The molecular formula is C7H10ClN3O. The first-order chi connectivity index (χ1) is 5.61. The van der Waals surface area contributed by atoms with Gasteiger partial charge in [-0.25, -0.2) is 4.99 Å². The second-order valence-corrected chi connectivity index (χ2v) is 2.25. The minimum Gasteiger partial charge on any atom is -0.405 e. The number of carbonyl (C=O) groups is 1. The van der Waals surface area contributed by atoms with E-state index in [1.54, 1.807) is 0 Å². The molecule has 0 rings (SSSR count). The van der Waals surface area contributed by atoms with E-state index in [4.69, 9.17) is 17.3 Å². The molecular weight excluding hydrogens is 178 g/mol. The zero-order chi connectivity index (χ0) is 9.56. The predicted octanol–water partition coefficient (Wildman–Crippen LogP) is 0.356. The van der Waals surface area contributed by atoms with Crippen molar-refractivity contribution in [1.82, 2.24) is 5.32 Å². The molecule has 0 saturated carbocycles. The molecule has 0 saturated heterocycles. The lowest BCUT2D eigenvalue weighted by Gasteiger charge is -1.97. The van der Waals surface area contributed by atoms with Gasteiger partial charge in [-0.1, -0.05) is 18.2 Å². The predicted molar refractivity (Wildman–Crippen MR) is 49.8 cm³/mol. The van der Waals surface area contributed by atoms with Crippen molar-refractivity contribution in [3.63, 3.8) is 0 Å². The molecule has 5 heteroatoms. The summed E-state index contributed by atoms with van der Waals surface area (Å²) in [5.74, 6) is -0.362. The summed E-state index contributed by atoms with van der Waals surface area (Å²) in [5, 5.41) is 2.41. The smallest absolute Gasteiger partial charge is 0.269 e. The van der Waals surface area contributed by atoms with Crippen LogP contribution in [0.1, 0.15) is 0 Å². The normalized spacial score (nSPS) is 11.7. The first kappa shape index (κ1) is 10.7. The summed E-state index contributed by atoms with van der Waals surface area (Å²) in [6, 6.07) is 0. The van der Waals surface area contributed by atoms with Crippen LogP contribution in [0.5, 0.6) is 0 Å². The Bertz CT molecular complexity index is 245. The SMILES string of the molecule is C=C(Cl)/N=C(\C=C/N)C(=O)NC. The first-order valence-corrected chi connectivity index (χ1v) is 3.53. The zero-order valence-corrected chi connectivity index (χ0v) is 7.43. The molecule has 66 valence electrons. The fourth-order valence-corrected chi connectivity index (χ4v) is 0.605. The van der Waals surface area contributed by atoms with Gasteiger partial charge in [-0.3, -0.25) is 4.79 Å². The first-order valence-electron chi connectivity index (χ1n) is 3.15. The highest BCUT2D eigenvalue weighted by molar-refractivity contribution is 6.44. The van der Waals surface area contributed by atoms with Crippen molar-refractivity contribution in [2.24, 2.45) is 10.7 Å². The largest absolute Gasteiger partial charge is 0.405 e. The van der Waals surface area contributed by atoms with Crippen molar-refractivity contribution in [3.8, 4) is 0 Å². The number of halogens is 1. The number of nitrogens with two attached hydrogens (primary N) is 1. The van der Waals surface area contributed by atoms with Gasteiger partial charge in [0.05, 0.1) is 0 Å². The maximum Gasteiger partial charge on any atom is 0.269 e. The van der Waals surface area contributed by atoms with Crippen LogP contribution < -0.4 is 11.1 Å². The Morgan fingerprint density at radius 1 is 1.75 bits per heavy atom. The molecule has 0 aliphatic rings. The van der Waals surface area contributed by atoms with E-state index in [2.05, 4.69) is 16.9 Å². The van der Waals surface area contributed by atoms with E-state index in [9.17, 15) is 4.79 Å². The molecule has 0 unspecified atom stereocenters. The standard InChI is InChI=1S/C7H10ClN3O/c1-5(8)11-6(3-4-9)7(12)10-2/h3-4H,1,9H2,2H3,(H,10,12)/b4-3-,11-6+. The molecule has 0 aromatic carbocycles. The van der Waals surface area contributed by atoms with Crippen molar-refractivity contribution in [2.75, 3.05) is 7.05 Å². The van der Waals surface area contributed by atoms with E-state index in [0.29, 0.717) is 0 Å². The lowest BCUT2D eigenvalue weighted by molar-refractivity contribution is -0.114. The van der Waals surface area contributed by atoms with Crippen LogP contribution in [0.4, 0.5) is 0 Å². The zero-order valence-electron chi connectivity index (χ0n) is 6.67. The minimum atomic E-state index is -0.362. The van der Waals surface area contributed by atoms with E-state index in [1.807, 2.05) is 0 Å². The van der Waals surface area contributed by atoms with E-state index in [0.717, 1.165) is 0 Å². The fourth-order valence-electron chi connectivity index (χ4n) is 0.514. The Morgan fingerprint density at radius 2 is 2.33 bits per heavy atom. The number of hydrogen-bond donors (Lipinski definition) is 2. The van der Waals surface area contributed by atoms with Gasteiger partial charge in [0.2, 0.25) is 0 Å². The van der Waals surface area contributed by atoms with Crippen molar-refractivity contribution in [2.45, 2.75) is 0 Å². The number of carbonyl (C=O) groups excluding carboxylic acids is 1. The van der Waals surface area contributed by atoms with Crippen molar-refractivity contribution in [3.05, 3.63) is 24.0 Å². The van der Waals surface area contributed by atoms with Crippen molar-refractivity contribution in [1.29, 1.82) is 0 Å². The average Bonchev–Trinajstić information content (AvgIpc) is 2.01. The lowest BCUT2D eigenvalue weighted by atomic mass is 10.3. The molecule has 0 aliphatic carbocycles. The van der Waals surface area contributed by atoms with Crippen LogP contribution in [0.3, 0.4) is 0 Å². The highest BCUT2D eigenvalue weighted by atomic mass is 35.5. The van der Waals surface area contributed by atoms with Gasteiger partial charge in [-0.05, 0) is 12.3 Å². The van der Waals surface area contributed by atoms with Gasteiger partial charge >= 0.3 is 0 Å². The van der Waals surface area contributed by atoms with Gasteiger partial charge in [-0.15, -0.1) is 0 Å². The number of rotatable bonds is 3. The molecule has 0 fully saturated rings. The Morgan fingerprint density at radius 3 is 2.67 bits per heavy atom. The quantitative estimate of drug-likeness (QED) is 0.495. The molecule has 12 heavy (non-hydrogen) atoms. The molecule has 0 bridgehead atoms. The average molecular weight is 188 g/mol. The molecule has 1 amide bonds. The van der Waals surface area contributed by atoms with Gasteiger partial charge in [-0.2, -0.15) is 0 Å². The summed E-state index contributed by atoms with van der Waals surface area (Å²) in [6.45, 7) is 3.32. The second kappa shape index (κ2) is 5.37. The summed E-state index contributed by atoms with van der Waals surface area (Å²) in [5.41, 5.74) is 5.21. The number of aliphatic imine (C=N–C) groups is 1. The number of nitrogens with zero attached hydrogens (tertiary/aromatic N) is 1. The van der Waals surface area contributed by atoms with Gasteiger partial charge < -0.3 is 11.1 Å². The summed E-state index contributed by atoms with van der Waals surface area (Å²) in [6.07, 6.45) is 2.54. The Balaban J connectivity index is 4.66. The third kappa shape index (κ3) is 3.78. The van der Waals surface area contributed by atoms with Gasteiger partial charge in [0.25, 0.3) is 5.91 Å². The van der Waals surface area contributed by atoms with Crippen LogP contribution in [-0.2, 0) is 4.79 Å². The molecule has 4 nitrogen and oxygen atoms in total. The molecule has 0 atom stereocenters. The maximum atomic E-state index is 11.0. The second-order valence-electron chi connectivity index (χ2n) is 1.81. The minimum absolute atomic E-state index is 0.0340. The molecule has 3 N–H and O–H groups in total. The molecule has 0 heterocycles. The lowest BCUT2D eigenvalue weighted by Crippen LogP contribution is -2.26. The van der Waals surface area contributed by atoms with Gasteiger partial charge in [0.15, 0.2) is 0 Å². The van der Waals surface area contributed by atoms with E-state index < -0.39 is 0 Å². The van der Waals surface area contributed by atoms with Crippen LogP contribution in [0.2, 0.25) is 0 Å². The van der Waals surface area contributed by atoms with Crippen LogP contribution in [-0.4, -0.2) is 18.7 Å². The number of nitrogens with one attached hydrogen (secondary N) is 1. The molecule has 0 aromatic rings. The topological polar surface area (TPSA) is 67.5 Å². The van der Waals surface area contributed by atoms with E-state index >= 15 is 0 Å². The third-order valence-electron chi connectivity index (χ3n) is 0.956. The Labute approximate surface area is 75.8 Å². The summed E-state index contributed by atoms with van der Waals surface area (Å²) in [4.78, 5) is 14.6. The fraction of sp³-hybridized carbons (Fsp3) is 0.143. The molecule has 0 spiro atoms. The van der Waals surface area contributed by atoms with Crippen LogP contribution >= 0.6 is 11.6 Å². The van der Waals surface area contributed by atoms with Crippen molar-refractivity contribution < 1.29 is 4.79 Å². The maximum absolute atomic E-state index is 11.0. The summed E-state index contributed by atoms with van der Waals surface area (Å²) in [7, 11) is 1.49.